The summed E-state index contributed by atoms with van der Waals surface area (Å²) >= 11 is 1.25. The zero-order valence-corrected chi connectivity index (χ0v) is 11.6. The van der Waals surface area contributed by atoms with Gasteiger partial charge < -0.3 is 4.52 Å². The van der Waals surface area contributed by atoms with Gasteiger partial charge in [0.1, 0.15) is 5.51 Å². The molecule has 102 valence electrons. The number of amides is 1. The normalized spacial score (nSPS) is 11.2. The maximum Gasteiger partial charge on any atom is 0.259 e. The lowest BCUT2D eigenvalue weighted by atomic mass is 10.1. The first-order valence-corrected chi connectivity index (χ1v) is 6.86. The molecule has 0 bridgehead atoms. The Hall–Kier alpha value is -2.35. The molecule has 0 spiro atoms. The fourth-order valence-electron chi connectivity index (χ4n) is 1.79. The molecule has 1 N–H and O–H groups in total. The Bertz CT molecular complexity index is 750. The SMILES string of the molecule is CC(C)c1noc2ncc(C(=O)Nc3nncs3)cc12. The summed E-state index contributed by atoms with van der Waals surface area (Å²) in [6, 6.07) is 1.73. The van der Waals surface area contributed by atoms with Crippen molar-refractivity contribution in [3.05, 3.63) is 29.0 Å². The third-order valence-electron chi connectivity index (χ3n) is 2.75. The minimum atomic E-state index is -0.285. The predicted octanol–water partition coefficient (Wildman–Crippen LogP) is 2.45. The maximum atomic E-state index is 12.1. The minimum Gasteiger partial charge on any atom is -0.336 e. The van der Waals surface area contributed by atoms with E-state index in [1.54, 1.807) is 11.6 Å². The van der Waals surface area contributed by atoms with Crippen molar-refractivity contribution in [2.24, 2.45) is 0 Å². The van der Waals surface area contributed by atoms with Crippen LogP contribution in [0.4, 0.5) is 5.13 Å². The molecule has 3 aromatic heterocycles. The number of nitrogens with one attached hydrogen (secondary N) is 1. The monoisotopic (exact) mass is 289 g/mol. The molecule has 7 nitrogen and oxygen atoms in total. The Balaban J connectivity index is 1.95. The van der Waals surface area contributed by atoms with Gasteiger partial charge in [0.25, 0.3) is 11.6 Å². The highest BCUT2D eigenvalue weighted by Crippen LogP contribution is 2.24. The van der Waals surface area contributed by atoms with E-state index in [-0.39, 0.29) is 11.8 Å². The van der Waals surface area contributed by atoms with Crippen LogP contribution in [0, 0.1) is 0 Å². The molecule has 0 atom stereocenters. The summed E-state index contributed by atoms with van der Waals surface area (Å²) in [5.41, 5.74) is 3.20. The average Bonchev–Trinajstić information content (AvgIpc) is 3.06. The highest BCUT2D eigenvalue weighted by Gasteiger charge is 2.16. The number of pyridine rings is 1. The van der Waals surface area contributed by atoms with Crippen LogP contribution < -0.4 is 5.32 Å². The van der Waals surface area contributed by atoms with Gasteiger partial charge in [0, 0.05) is 6.20 Å². The Kier molecular flexibility index (Phi) is 3.15. The third kappa shape index (κ3) is 2.25. The van der Waals surface area contributed by atoms with Crippen molar-refractivity contribution in [2.45, 2.75) is 19.8 Å². The van der Waals surface area contributed by atoms with Gasteiger partial charge in [-0.1, -0.05) is 30.3 Å². The fraction of sp³-hybridized carbons (Fsp3) is 0.250. The first-order valence-electron chi connectivity index (χ1n) is 5.98. The second kappa shape index (κ2) is 4.97. The van der Waals surface area contributed by atoms with E-state index >= 15 is 0 Å². The third-order valence-corrected chi connectivity index (χ3v) is 3.35. The fourth-order valence-corrected chi connectivity index (χ4v) is 2.23. The van der Waals surface area contributed by atoms with Crippen molar-refractivity contribution >= 4 is 33.5 Å². The summed E-state index contributed by atoms with van der Waals surface area (Å²) in [5, 5.41) is 15.3. The topological polar surface area (TPSA) is 93.8 Å². The summed E-state index contributed by atoms with van der Waals surface area (Å²) in [5.74, 6) is -0.0911. The van der Waals surface area contributed by atoms with Crippen molar-refractivity contribution in [1.82, 2.24) is 20.3 Å². The van der Waals surface area contributed by atoms with E-state index < -0.39 is 0 Å². The van der Waals surface area contributed by atoms with E-state index in [1.165, 1.54) is 17.5 Å². The van der Waals surface area contributed by atoms with Gasteiger partial charge in [-0.05, 0) is 12.0 Å². The summed E-state index contributed by atoms with van der Waals surface area (Å²) < 4.78 is 5.14. The molecule has 0 fully saturated rings. The number of fused-ring (bicyclic) bond motifs is 1. The van der Waals surface area contributed by atoms with Crippen LogP contribution in [0.3, 0.4) is 0 Å². The molecule has 8 heteroatoms. The lowest BCUT2D eigenvalue weighted by molar-refractivity contribution is 0.102. The molecule has 3 rings (SSSR count). The Morgan fingerprint density at radius 3 is 3.00 bits per heavy atom. The predicted molar refractivity (Wildman–Crippen MR) is 73.8 cm³/mol. The molecule has 3 aromatic rings. The molecule has 0 saturated carbocycles. The molecular weight excluding hydrogens is 278 g/mol. The van der Waals surface area contributed by atoms with Crippen LogP contribution in [0.25, 0.3) is 11.1 Å². The number of carbonyl (C=O) groups excluding carboxylic acids is 1. The smallest absolute Gasteiger partial charge is 0.259 e. The summed E-state index contributed by atoms with van der Waals surface area (Å²) in [6.07, 6.45) is 1.45. The Labute approximate surface area is 118 Å². The standard InChI is InChI=1S/C12H11N5O2S/c1-6(2)9-8-3-7(4-13-11(8)19-17-9)10(18)15-12-16-14-5-20-12/h3-6H,1-2H3,(H,15,16,18). The number of hydrogen-bond acceptors (Lipinski definition) is 7. The zero-order valence-electron chi connectivity index (χ0n) is 10.8. The van der Waals surface area contributed by atoms with Crippen molar-refractivity contribution in [3.8, 4) is 0 Å². The number of rotatable bonds is 3. The molecule has 0 aliphatic rings. The van der Waals surface area contributed by atoms with Crippen LogP contribution in [0.1, 0.15) is 35.8 Å². The second-order valence-electron chi connectivity index (χ2n) is 4.50. The number of hydrogen-bond donors (Lipinski definition) is 1. The van der Waals surface area contributed by atoms with Gasteiger partial charge in [-0.3, -0.25) is 10.1 Å². The highest BCUT2D eigenvalue weighted by atomic mass is 32.1. The molecule has 0 saturated heterocycles. The average molecular weight is 289 g/mol. The van der Waals surface area contributed by atoms with Gasteiger partial charge in [0.05, 0.1) is 16.6 Å². The molecule has 0 unspecified atom stereocenters. The van der Waals surface area contributed by atoms with E-state index in [4.69, 9.17) is 4.52 Å². The Morgan fingerprint density at radius 2 is 2.30 bits per heavy atom. The molecule has 0 radical (unpaired) electrons. The molecular formula is C12H11N5O2S. The molecule has 20 heavy (non-hydrogen) atoms. The summed E-state index contributed by atoms with van der Waals surface area (Å²) in [7, 11) is 0. The van der Waals surface area contributed by atoms with E-state index in [0.717, 1.165) is 11.1 Å². The van der Waals surface area contributed by atoms with Gasteiger partial charge in [-0.15, -0.1) is 10.2 Å². The molecule has 0 aliphatic heterocycles. The quantitative estimate of drug-likeness (QED) is 0.796. The van der Waals surface area contributed by atoms with Crippen molar-refractivity contribution < 1.29 is 9.32 Å². The molecule has 0 aliphatic carbocycles. The number of nitrogens with zero attached hydrogens (tertiary/aromatic N) is 4. The van der Waals surface area contributed by atoms with Crippen molar-refractivity contribution in [3.63, 3.8) is 0 Å². The lowest BCUT2D eigenvalue weighted by Crippen LogP contribution is -2.12. The van der Waals surface area contributed by atoms with Crippen LogP contribution in [-0.4, -0.2) is 26.2 Å². The van der Waals surface area contributed by atoms with Crippen LogP contribution >= 0.6 is 11.3 Å². The lowest BCUT2D eigenvalue weighted by Gasteiger charge is -2.02. The second-order valence-corrected chi connectivity index (χ2v) is 5.33. The summed E-state index contributed by atoms with van der Waals surface area (Å²) in [4.78, 5) is 16.2. The first-order chi connectivity index (χ1) is 9.65. The van der Waals surface area contributed by atoms with Crippen molar-refractivity contribution in [1.29, 1.82) is 0 Å². The largest absolute Gasteiger partial charge is 0.336 e. The number of aromatic nitrogens is 4. The number of carbonyl (C=O) groups is 1. The molecule has 1 amide bonds. The minimum absolute atomic E-state index is 0.194. The van der Waals surface area contributed by atoms with Gasteiger partial charge in [0.15, 0.2) is 0 Å². The van der Waals surface area contributed by atoms with E-state index in [1.807, 2.05) is 13.8 Å². The van der Waals surface area contributed by atoms with Crippen LogP contribution in [0.5, 0.6) is 0 Å². The first kappa shape index (κ1) is 12.7. The van der Waals surface area contributed by atoms with E-state index in [0.29, 0.717) is 16.4 Å². The number of anilines is 1. The van der Waals surface area contributed by atoms with Crippen LogP contribution in [-0.2, 0) is 0 Å². The van der Waals surface area contributed by atoms with Gasteiger partial charge >= 0.3 is 0 Å². The van der Waals surface area contributed by atoms with Crippen molar-refractivity contribution in [2.75, 3.05) is 5.32 Å². The zero-order chi connectivity index (χ0) is 14.1. The summed E-state index contributed by atoms with van der Waals surface area (Å²) in [6.45, 7) is 4.01. The molecule has 3 heterocycles. The van der Waals surface area contributed by atoms with Gasteiger partial charge in [-0.25, -0.2) is 4.98 Å². The van der Waals surface area contributed by atoms with Gasteiger partial charge in [-0.2, -0.15) is 0 Å². The molecule has 0 aromatic carbocycles. The van der Waals surface area contributed by atoms with Gasteiger partial charge in [0.2, 0.25) is 5.13 Å². The van der Waals surface area contributed by atoms with Crippen LogP contribution in [0.2, 0.25) is 0 Å². The van der Waals surface area contributed by atoms with E-state index in [9.17, 15) is 4.79 Å². The maximum absolute atomic E-state index is 12.1. The highest BCUT2D eigenvalue weighted by molar-refractivity contribution is 7.13. The van der Waals surface area contributed by atoms with Crippen LogP contribution in [0.15, 0.2) is 22.3 Å². The van der Waals surface area contributed by atoms with E-state index in [2.05, 4.69) is 25.7 Å². The Morgan fingerprint density at radius 1 is 1.45 bits per heavy atom.